The number of ketones is 2. The van der Waals surface area contributed by atoms with Gasteiger partial charge < -0.3 is 10.2 Å². The molecule has 0 amide bonds. The van der Waals surface area contributed by atoms with E-state index in [4.69, 9.17) is 0 Å². The molecule has 0 bridgehead atoms. The lowest BCUT2D eigenvalue weighted by Crippen LogP contribution is -2.58. The summed E-state index contributed by atoms with van der Waals surface area (Å²) < 4.78 is 0. The van der Waals surface area contributed by atoms with Gasteiger partial charge in [0.15, 0.2) is 5.78 Å². The Bertz CT molecular complexity index is 586. The molecule has 4 saturated carbocycles. The summed E-state index contributed by atoms with van der Waals surface area (Å²) in [4.78, 5) is 25.6. The van der Waals surface area contributed by atoms with Crippen LogP contribution in [0.25, 0.3) is 0 Å². The number of aliphatic hydroxyl groups is 2. The molecule has 0 radical (unpaired) electrons. The zero-order valence-corrected chi connectivity index (χ0v) is 15.5. The van der Waals surface area contributed by atoms with Gasteiger partial charge in [0.05, 0.1) is 6.10 Å². The molecule has 8 atom stereocenters. The molecule has 0 heterocycles. The first-order valence-electron chi connectivity index (χ1n) is 10.2. The molecule has 0 saturated heterocycles. The minimum Gasteiger partial charge on any atom is -0.393 e. The topological polar surface area (TPSA) is 74.6 Å². The Morgan fingerprint density at radius 3 is 2.60 bits per heavy atom. The molecular formula is C21H32O4. The number of hydrogen-bond acceptors (Lipinski definition) is 4. The Morgan fingerprint density at radius 1 is 1.12 bits per heavy atom. The van der Waals surface area contributed by atoms with Gasteiger partial charge in [-0.15, -0.1) is 0 Å². The van der Waals surface area contributed by atoms with Gasteiger partial charge in [-0.3, -0.25) is 9.59 Å². The van der Waals surface area contributed by atoms with Gasteiger partial charge in [0.25, 0.3) is 0 Å². The van der Waals surface area contributed by atoms with Crippen molar-refractivity contribution in [1.29, 1.82) is 0 Å². The van der Waals surface area contributed by atoms with Gasteiger partial charge in [-0.2, -0.15) is 0 Å². The summed E-state index contributed by atoms with van der Waals surface area (Å²) in [7, 11) is 0. The monoisotopic (exact) mass is 348 g/mol. The molecule has 4 aliphatic carbocycles. The standard InChI is InChI=1S/C21H32O4/c1-20-8-7-13(23)9-12(20)3-4-14-15-5-6-16(18(25)11-22)21(15,2)10-17(24)19(14)20/h12-16,19,22-23H,3-11H2,1-2H3/t12-,13+,14?,15-,16?,19+,20?,21?/m0/s1. The highest BCUT2D eigenvalue weighted by molar-refractivity contribution is 5.88. The van der Waals surface area contributed by atoms with Crippen LogP contribution in [0.15, 0.2) is 0 Å². The fraction of sp³-hybridized carbons (Fsp3) is 0.905. The molecule has 4 fully saturated rings. The minimum absolute atomic E-state index is 0.0274. The number of carbonyl (C=O) groups is 2. The Labute approximate surface area is 150 Å². The fourth-order valence-electron chi connectivity index (χ4n) is 7.69. The summed E-state index contributed by atoms with van der Waals surface area (Å²) in [6.45, 7) is 4.04. The van der Waals surface area contributed by atoms with Crippen LogP contribution in [0.3, 0.4) is 0 Å². The highest BCUT2D eigenvalue weighted by atomic mass is 16.3. The summed E-state index contributed by atoms with van der Waals surface area (Å²) in [6.07, 6.45) is 6.93. The van der Waals surface area contributed by atoms with Crippen LogP contribution in [0.4, 0.5) is 0 Å². The Kier molecular flexibility index (Phi) is 4.16. The van der Waals surface area contributed by atoms with Crippen molar-refractivity contribution in [3.63, 3.8) is 0 Å². The van der Waals surface area contributed by atoms with Crippen molar-refractivity contribution in [2.24, 2.45) is 40.4 Å². The van der Waals surface area contributed by atoms with E-state index in [0.717, 1.165) is 44.9 Å². The second-order valence-electron chi connectivity index (χ2n) is 9.86. The third kappa shape index (κ3) is 2.39. The molecule has 4 rings (SSSR count). The average molecular weight is 348 g/mol. The predicted molar refractivity (Wildman–Crippen MR) is 93.7 cm³/mol. The SMILES string of the molecule is CC12CC(=O)[C@H]3C(CC[C@H]4C[C@H](O)CCC43C)[C@@H]1CCC2C(=O)CO. The molecule has 140 valence electrons. The van der Waals surface area contributed by atoms with E-state index in [9.17, 15) is 19.8 Å². The molecule has 4 heteroatoms. The maximum Gasteiger partial charge on any atom is 0.161 e. The van der Waals surface area contributed by atoms with Crippen LogP contribution >= 0.6 is 0 Å². The van der Waals surface area contributed by atoms with E-state index < -0.39 is 6.61 Å². The van der Waals surface area contributed by atoms with Crippen molar-refractivity contribution in [2.45, 2.75) is 71.3 Å². The molecule has 4 nitrogen and oxygen atoms in total. The van der Waals surface area contributed by atoms with Crippen molar-refractivity contribution in [2.75, 3.05) is 6.61 Å². The molecule has 2 N–H and O–H groups in total. The molecule has 0 aliphatic heterocycles. The molecule has 4 unspecified atom stereocenters. The first kappa shape index (κ1) is 17.7. The fourth-order valence-corrected chi connectivity index (χ4v) is 7.69. The normalized spacial score (nSPS) is 52.2. The van der Waals surface area contributed by atoms with Crippen LogP contribution in [-0.2, 0) is 9.59 Å². The number of aliphatic hydroxyl groups excluding tert-OH is 2. The van der Waals surface area contributed by atoms with E-state index in [1.165, 1.54) is 0 Å². The van der Waals surface area contributed by atoms with Crippen molar-refractivity contribution in [3.05, 3.63) is 0 Å². The van der Waals surface area contributed by atoms with Crippen molar-refractivity contribution < 1.29 is 19.8 Å². The first-order valence-corrected chi connectivity index (χ1v) is 10.2. The molecule has 0 aromatic rings. The molecular weight excluding hydrogens is 316 g/mol. The summed E-state index contributed by atoms with van der Waals surface area (Å²) in [6, 6.07) is 0. The van der Waals surface area contributed by atoms with Gasteiger partial charge in [0.2, 0.25) is 0 Å². The lowest BCUT2D eigenvalue weighted by molar-refractivity contribution is -0.162. The number of fused-ring (bicyclic) bond motifs is 5. The highest BCUT2D eigenvalue weighted by Gasteiger charge is 2.63. The summed E-state index contributed by atoms with van der Waals surface area (Å²) >= 11 is 0. The van der Waals surface area contributed by atoms with Crippen molar-refractivity contribution in [1.82, 2.24) is 0 Å². The zero-order chi connectivity index (χ0) is 18.0. The van der Waals surface area contributed by atoms with Crippen LogP contribution in [0.5, 0.6) is 0 Å². The van der Waals surface area contributed by atoms with Crippen LogP contribution < -0.4 is 0 Å². The number of carbonyl (C=O) groups excluding carboxylic acids is 2. The van der Waals surface area contributed by atoms with E-state index in [1.54, 1.807) is 0 Å². The van der Waals surface area contributed by atoms with Crippen molar-refractivity contribution >= 4 is 11.6 Å². The molecule has 4 aliphatic rings. The Hall–Kier alpha value is -0.740. The minimum atomic E-state index is -0.396. The quantitative estimate of drug-likeness (QED) is 0.805. The summed E-state index contributed by atoms with van der Waals surface area (Å²) in [5.41, 5.74) is -0.227. The lowest BCUT2D eigenvalue weighted by atomic mass is 9.44. The maximum absolute atomic E-state index is 13.3. The maximum atomic E-state index is 13.3. The summed E-state index contributed by atoms with van der Waals surface area (Å²) in [5.74, 6) is 1.52. The molecule has 0 aromatic carbocycles. The van der Waals surface area contributed by atoms with E-state index >= 15 is 0 Å². The Morgan fingerprint density at radius 2 is 1.88 bits per heavy atom. The van der Waals surface area contributed by atoms with Gasteiger partial charge in [-0.25, -0.2) is 0 Å². The number of rotatable bonds is 2. The predicted octanol–water partition coefficient (Wildman–Crippen LogP) is 2.75. The second-order valence-corrected chi connectivity index (χ2v) is 9.86. The summed E-state index contributed by atoms with van der Waals surface area (Å²) in [5, 5.41) is 19.5. The smallest absolute Gasteiger partial charge is 0.161 e. The Balaban J connectivity index is 1.66. The average Bonchev–Trinajstić information content (AvgIpc) is 2.91. The van der Waals surface area contributed by atoms with Gasteiger partial charge in [0.1, 0.15) is 12.4 Å². The van der Waals surface area contributed by atoms with Crippen LogP contribution in [-0.4, -0.2) is 34.5 Å². The highest BCUT2D eigenvalue weighted by Crippen LogP contribution is 2.66. The van der Waals surface area contributed by atoms with Gasteiger partial charge in [-0.05, 0) is 73.5 Å². The number of Topliss-reactive ketones (excluding diaryl/α,β-unsaturated/α-hetero) is 2. The molecule has 25 heavy (non-hydrogen) atoms. The zero-order valence-electron chi connectivity index (χ0n) is 15.5. The third-order valence-corrected chi connectivity index (χ3v) is 8.87. The van der Waals surface area contributed by atoms with Gasteiger partial charge in [0, 0.05) is 18.3 Å². The first-order chi connectivity index (χ1) is 11.8. The number of hydrogen-bond donors (Lipinski definition) is 2. The van der Waals surface area contributed by atoms with Gasteiger partial charge >= 0.3 is 0 Å². The third-order valence-electron chi connectivity index (χ3n) is 8.87. The van der Waals surface area contributed by atoms with E-state index in [0.29, 0.717) is 30.0 Å². The van der Waals surface area contributed by atoms with Gasteiger partial charge in [-0.1, -0.05) is 13.8 Å². The molecule has 0 spiro atoms. The van der Waals surface area contributed by atoms with Crippen LogP contribution in [0, 0.1) is 40.4 Å². The van der Waals surface area contributed by atoms with Crippen LogP contribution in [0.2, 0.25) is 0 Å². The van der Waals surface area contributed by atoms with Crippen molar-refractivity contribution in [3.8, 4) is 0 Å². The largest absolute Gasteiger partial charge is 0.393 e. The molecule has 0 aromatic heterocycles. The van der Waals surface area contributed by atoms with E-state index in [2.05, 4.69) is 13.8 Å². The second kappa shape index (κ2) is 5.88. The lowest BCUT2D eigenvalue weighted by Gasteiger charge is -2.59. The van der Waals surface area contributed by atoms with Crippen LogP contribution in [0.1, 0.15) is 65.2 Å². The van der Waals surface area contributed by atoms with E-state index in [1.807, 2.05) is 0 Å². The van der Waals surface area contributed by atoms with E-state index in [-0.39, 0.29) is 34.6 Å².